The first-order chi connectivity index (χ1) is 11.3. The third-order valence-electron chi connectivity index (χ3n) is 4.54. The average molecular weight is 349 g/mol. The molecule has 2 aromatic carbocycles. The molecule has 3 rings (SSSR count). The maximum Gasteiger partial charge on any atom is 0.215 e. The number of aliphatic hydroxyl groups is 1. The van der Waals surface area contributed by atoms with Crippen molar-refractivity contribution in [3.05, 3.63) is 71.0 Å². The summed E-state index contributed by atoms with van der Waals surface area (Å²) in [4.78, 5) is 0. The Morgan fingerprint density at radius 1 is 1.12 bits per heavy atom. The molecular weight excluding hydrogens is 329 g/mol. The van der Waals surface area contributed by atoms with Gasteiger partial charge in [0.15, 0.2) is 0 Å². The number of fused-ring (bicyclic) bond motifs is 1. The van der Waals surface area contributed by atoms with Crippen LogP contribution in [0.4, 0.5) is 4.39 Å². The highest BCUT2D eigenvalue weighted by Crippen LogP contribution is 2.27. The monoisotopic (exact) mass is 349 g/mol. The van der Waals surface area contributed by atoms with E-state index >= 15 is 0 Å². The van der Waals surface area contributed by atoms with Crippen molar-refractivity contribution in [2.75, 3.05) is 6.54 Å². The second-order valence-corrected chi connectivity index (χ2v) is 8.49. The minimum atomic E-state index is -3.56. The van der Waals surface area contributed by atoms with Gasteiger partial charge in [0.05, 0.1) is 5.25 Å². The van der Waals surface area contributed by atoms with Crippen molar-refractivity contribution >= 4 is 10.0 Å². The van der Waals surface area contributed by atoms with Gasteiger partial charge in [0.1, 0.15) is 11.4 Å². The Kier molecular flexibility index (Phi) is 4.46. The van der Waals surface area contributed by atoms with E-state index in [9.17, 15) is 17.9 Å². The Bertz CT molecular complexity index is 807. The van der Waals surface area contributed by atoms with Crippen LogP contribution in [0.15, 0.2) is 48.5 Å². The predicted molar refractivity (Wildman–Crippen MR) is 90.5 cm³/mol. The van der Waals surface area contributed by atoms with Gasteiger partial charge in [-0.25, -0.2) is 17.5 Å². The summed E-state index contributed by atoms with van der Waals surface area (Å²) in [7, 11) is -3.56. The number of benzene rings is 2. The molecule has 0 aliphatic heterocycles. The van der Waals surface area contributed by atoms with Crippen molar-refractivity contribution in [2.24, 2.45) is 0 Å². The van der Waals surface area contributed by atoms with Crippen molar-refractivity contribution in [3.63, 3.8) is 0 Å². The Hall–Kier alpha value is -1.76. The summed E-state index contributed by atoms with van der Waals surface area (Å²) < 4.78 is 40.6. The fourth-order valence-electron chi connectivity index (χ4n) is 3.01. The number of nitrogens with one attached hydrogen (secondary N) is 1. The number of hydrogen-bond acceptors (Lipinski definition) is 3. The molecule has 1 aliphatic rings. The Balaban J connectivity index is 1.68. The first-order valence-corrected chi connectivity index (χ1v) is 9.36. The highest BCUT2D eigenvalue weighted by Gasteiger charge is 2.34. The molecule has 2 aromatic rings. The molecule has 0 fully saturated rings. The van der Waals surface area contributed by atoms with Crippen LogP contribution in [0, 0.1) is 5.82 Å². The Labute approximate surface area is 141 Å². The standard InChI is InChI=1S/C18H20FNO3S/c1-18(21,15-6-8-16(19)9-7-15)12-20-24(22,23)17-10-13-4-2-3-5-14(13)11-17/h2-9,17,20-21H,10-12H2,1H3. The molecule has 24 heavy (non-hydrogen) atoms. The van der Waals surface area contributed by atoms with Gasteiger partial charge in [-0.05, 0) is 48.6 Å². The molecule has 2 N–H and O–H groups in total. The van der Waals surface area contributed by atoms with Gasteiger partial charge in [-0.15, -0.1) is 0 Å². The molecule has 0 aromatic heterocycles. The minimum Gasteiger partial charge on any atom is -0.384 e. The van der Waals surface area contributed by atoms with Crippen LogP contribution < -0.4 is 4.72 Å². The average Bonchev–Trinajstić information content (AvgIpc) is 2.99. The highest BCUT2D eigenvalue weighted by atomic mass is 32.2. The minimum absolute atomic E-state index is 0.159. The molecule has 0 bridgehead atoms. The predicted octanol–water partition coefficient (Wildman–Crippen LogP) is 2.12. The van der Waals surface area contributed by atoms with E-state index in [4.69, 9.17) is 0 Å². The maximum atomic E-state index is 13.0. The van der Waals surface area contributed by atoms with Crippen molar-refractivity contribution < 1.29 is 17.9 Å². The van der Waals surface area contributed by atoms with Gasteiger partial charge >= 0.3 is 0 Å². The van der Waals surface area contributed by atoms with E-state index in [1.165, 1.54) is 31.2 Å². The van der Waals surface area contributed by atoms with Gasteiger partial charge in [-0.1, -0.05) is 36.4 Å². The molecule has 0 amide bonds. The van der Waals surface area contributed by atoms with E-state index < -0.39 is 26.7 Å². The fourth-order valence-corrected chi connectivity index (χ4v) is 4.52. The lowest BCUT2D eigenvalue weighted by molar-refractivity contribution is 0.0626. The molecule has 6 heteroatoms. The first kappa shape index (κ1) is 17.1. The van der Waals surface area contributed by atoms with Crippen LogP contribution >= 0.6 is 0 Å². The van der Waals surface area contributed by atoms with Gasteiger partial charge in [0.25, 0.3) is 0 Å². The van der Waals surface area contributed by atoms with Crippen LogP contribution in [0.1, 0.15) is 23.6 Å². The first-order valence-electron chi connectivity index (χ1n) is 7.82. The molecule has 1 aliphatic carbocycles. The normalized spacial score (nSPS) is 17.5. The summed E-state index contributed by atoms with van der Waals surface area (Å²) in [5.41, 5.74) is 1.16. The van der Waals surface area contributed by atoms with Gasteiger partial charge in [-0.2, -0.15) is 0 Å². The quantitative estimate of drug-likeness (QED) is 0.869. The van der Waals surface area contributed by atoms with Crippen molar-refractivity contribution in [1.82, 2.24) is 4.72 Å². The van der Waals surface area contributed by atoms with Crippen LogP contribution in [0.25, 0.3) is 0 Å². The molecule has 0 heterocycles. The van der Waals surface area contributed by atoms with Gasteiger partial charge in [-0.3, -0.25) is 0 Å². The third-order valence-corrected chi connectivity index (χ3v) is 6.29. The van der Waals surface area contributed by atoms with Crippen molar-refractivity contribution in [1.29, 1.82) is 0 Å². The molecule has 0 saturated heterocycles. The van der Waals surface area contributed by atoms with Gasteiger partial charge in [0, 0.05) is 6.54 Å². The summed E-state index contributed by atoms with van der Waals surface area (Å²) >= 11 is 0. The van der Waals surface area contributed by atoms with Crippen LogP contribution in [0.5, 0.6) is 0 Å². The van der Waals surface area contributed by atoms with Crippen molar-refractivity contribution in [2.45, 2.75) is 30.6 Å². The third kappa shape index (κ3) is 3.50. The van der Waals surface area contributed by atoms with E-state index in [0.29, 0.717) is 18.4 Å². The smallest absolute Gasteiger partial charge is 0.215 e. The molecule has 1 unspecified atom stereocenters. The molecule has 1 atom stereocenters. The van der Waals surface area contributed by atoms with Crippen LogP contribution in [-0.2, 0) is 28.5 Å². The van der Waals surface area contributed by atoms with Crippen LogP contribution in [-0.4, -0.2) is 25.3 Å². The summed E-state index contributed by atoms with van der Waals surface area (Å²) in [5.74, 6) is -0.404. The second kappa shape index (κ2) is 6.27. The zero-order chi connectivity index (χ0) is 17.4. The highest BCUT2D eigenvalue weighted by molar-refractivity contribution is 7.90. The topological polar surface area (TPSA) is 66.4 Å². The lowest BCUT2D eigenvalue weighted by Crippen LogP contribution is -2.43. The van der Waals surface area contributed by atoms with Crippen molar-refractivity contribution in [3.8, 4) is 0 Å². The largest absolute Gasteiger partial charge is 0.384 e. The van der Waals surface area contributed by atoms with E-state index in [-0.39, 0.29) is 6.54 Å². The lowest BCUT2D eigenvalue weighted by Gasteiger charge is -2.25. The van der Waals surface area contributed by atoms with E-state index in [2.05, 4.69) is 4.72 Å². The number of rotatable bonds is 5. The number of halogens is 1. The van der Waals surface area contributed by atoms with E-state index in [1.54, 1.807) is 0 Å². The molecular formula is C18H20FNO3S. The molecule has 128 valence electrons. The summed E-state index contributed by atoms with van der Waals surface area (Å²) in [6.45, 7) is 1.35. The van der Waals surface area contributed by atoms with Gasteiger partial charge in [0.2, 0.25) is 10.0 Å². The van der Waals surface area contributed by atoms with Crippen LogP contribution in [0.2, 0.25) is 0 Å². The molecule has 0 radical (unpaired) electrons. The lowest BCUT2D eigenvalue weighted by atomic mass is 9.96. The maximum absolute atomic E-state index is 13.0. The van der Waals surface area contributed by atoms with E-state index in [1.807, 2.05) is 24.3 Å². The van der Waals surface area contributed by atoms with Gasteiger partial charge < -0.3 is 5.11 Å². The summed E-state index contributed by atoms with van der Waals surface area (Å²) in [6, 6.07) is 13.1. The second-order valence-electron chi connectivity index (χ2n) is 6.45. The summed E-state index contributed by atoms with van der Waals surface area (Å²) in [6.07, 6.45) is 0.953. The Morgan fingerprint density at radius 2 is 1.67 bits per heavy atom. The van der Waals surface area contributed by atoms with E-state index in [0.717, 1.165) is 11.1 Å². The summed E-state index contributed by atoms with van der Waals surface area (Å²) in [5, 5.41) is 9.98. The number of hydrogen-bond donors (Lipinski definition) is 2. The number of sulfonamides is 1. The van der Waals surface area contributed by atoms with Crippen LogP contribution in [0.3, 0.4) is 0 Å². The molecule has 0 saturated carbocycles. The fraction of sp³-hybridized carbons (Fsp3) is 0.333. The molecule has 0 spiro atoms. The molecule has 4 nitrogen and oxygen atoms in total. The zero-order valence-electron chi connectivity index (χ0n) is 13.4. The SMILES string of the molecule is CC(O)(CNS(=O)(=O)C1Cc2ccccc2C1)c1ccc(F)cc1. The Morgan fingerprint density at radius 3 is 2.21 bits per heavy atom. The zero-order valence-corrected chi connectivity index (χ0v) is 14.2.